The first-order chi connectivity index (χ1) is 10.7. The SMILES string of the molecule is CCCCOC(=O)c1ccc(Cl)c(-c2ccc(C#N)cc2)c1. The zero-order valence-corrected chi connectivity index (χ0v) is 13.1. The summed E-state index contributed by atoms with van der Waals surface area (Å²) < 4.78 is 5.21. The van der Waals surface area contributed by atoms with Crippen molar-refractivity contribution in [3.63, 3.8) is 0 Å². The second-order valence-electron chi connectivity index (χ2n) is 4.87. The number of carbonyl (C=O) groups excluding carboxylic acids is 1. The molecule has 0 aliphatic carbocycles. The standard InChI is InChI=1S/C18H16ClNO2/c1-2-3-10-22-18(21)15-8-9-17(19)16(11-15)14-6-4-13(12-20)5-7-14/h4-9,11H,2-3,10H2,1H3. The molecule has 22 heavy (non-hydrogen) atoms. The lowest BCUT2D eigenvalue weighted by molar-refractivity contribution is 0.0500. The van der Waals surface area contributed by atoms with Gasteiger partial charge in [-0.1, -0.05) is 37.1 Å². The normalized spacial score (nSPS) is 10.0. The zero-order valence-electron chi connectivity index (χ0n) is 12.3. The van der Waals surface area contributed by atoms with Crippen molar-refractivity contribution in [1.82, 2.24) is 0 Å². The van der Waals surface area contributed by atoms with E-state index in [2.05, 4.69) is 6.07 Å². The third-order valence-electron chi connectivity index (χ3n) is 3.26. The molecular formula is C18H16ClNO2. The van der Waals surface area contributed by atoms with Crippen LogP contribution >= 0.6 is 11.6 Å². The van der Waals surface area contributed by atoms with Crippen LogP contribution in [0.25, 0.3) is 11.1 Å². The molecule has 0 aliphatic rings. The number of ether oxygens (including phenoxy) is 1. The molecule has 2 aromatic rings. The maximum absolute atomic E-state index is 12.0. The summed E-state index contributed by atoms with van der Waals surface area (Å²) in [5, 5.41) is 9.39. The van der Waals surface area contributed by atoms with Crippen LogP contribution in [0.15, 0.2) is 42.5 Å². The fraction of sp³-hybridized carbons (Fsp3) is 0.222. The monoisotopic (exact) mass is 313 g/mol. The maximum atomic E-state index is 12.0. The number of rotatable bonds is 5. The molecule has 2 aromatic carbocycles. The van der Waals surface area contributed by atoms with Crippen molar-refractivity contribution in [2.24, 2.45) is 0 Å². The lowest BCUT2D eigenvalue weighted by Gasteiger charge is -2.08. The van der Waals surface area contributed by atoms with Gasteiger partial charge >= 0.3 is 5.97 Å². The molecule has 0 radical (unpaired) electrons. The van der Waals surface area contributed by atoms with Gasteiger partial charge in [0.15, 0.2) is 0 Å². The molecule has 0 spiro atoms. The largest absolute Gasteiger partial charge is 0.462 e. The molecular weight excluding hydrogens is 298 g/mol. The summed E-state index contributed by atoms with van der Waals surface area (Å²) in [4.78, 5) is 12.0. The van der Waals surface area contributed by atoms with Crippen LogP contribution in [0.4, 0.5) is 0 Å². The summed E-state index contributed by atoms with van der Waals surface area (Å²) >= 11 is 6.22. The Kier molecular flexibility index (Phi) is 5.57. The van der Waals surface area contributed by atoms with Gasteiger partial charge in [-0.3, -0.25) is 0 Å². The molecule has 0 atom stereocenters. The van der Waals surface area contributed by atoms with E-state index in [-0.39, 0.29) is 5.97 Å². The van der Waals surface area contributed by atoms with Crippen LogP contribution in [0, 0.1) is 11.3 Å². The molecule has 3 nitrogen and oxygen atoms in total. The Labute approximate surface area is 135 Å². The van der Waals surface area contributed by atoms with Gasteiger partial charge in [-0.2, -0.15) is 5.26 Å². The molecule has 0 aliphatic heterocycles. The van der Waals surface area contributed by atoms with Crippen molar-refractivity contribution in [3.05, 3.63) is 58.6 Å². The van der Waals surface area contributed by atoms with E-state index < -0.39 is 0 Å². The topological polar surface area (TPSA) is 50.1 Å². The Hall–Kier alpha value is -2.31. The molecule has 4 heteroatoms. The van der Waals surface area contributed by atoms with Crippen LogP contribution < -0.4 is 0 Å². The molecule has 0 unspecified atom stereocenters. The molecule has 0 saturated heterocycles. The van der Waals surface area contributed by atoms with Gasteiger partial charge in [0.25, 0.3) is 0 Å². The Balaban J connectivity index is 2.26. The van der Waals surface area contributed by atoms with E-state index in [1.54, 1.807) is 30.3 Å². The molecule has 0 heterocycles. The first-order valence-corrected chi connectivity index (χ1v) is 7.50. The highest BCUT2D eigenvalue weighted by atomic mass is 35.5. The number of unbranched alkanes of at least 4 members (excludes halogenated alkanes) is 1. The predicted molar refractivity (Wildman–Crippen MR) is 86.8 cm³/mol. The number of esters is 1. The number of nitrogens with zero attached hydrogens (tertiary/aromatic N) is 1. The number of carbonyl (C=O) groups is 1. The summed E-state index contributed by atoms with van der Waals surface area (Å²) in [7, 11) is 0. The van der Waals surface area contributed by atoms with Crippen molar-refractivity contribution in [1.29, 1.82) is 5.26 Å². The highest BCUT2D eigenvalue weighted by Gasteiger charge is 2.11. The summed E-state index contributed by atoms with van der Waals surface area (Å²) in [6.07, 6.45) is 1.83. The number of hydrogen-bond donors (Lipinski definition) is 0. The third kappa shape index (κ3) is 3.87. The van der Waals surface area contributed by atoms with Gasteiger partial charge in [-0.05, 0) is 42.3 Å². The molecule has 2 rings (SSSR count). The minimum absolute atomic E-state index is 0.347. The molecule has 0 N–H and O–H groups in total. The van der Waals surface area contributed by atoms with Gasteiger partial charge < -0.3 is 4.74 Å². The Bertz CT molecular complexity index is 702. The van der Waals surface area contributed by atoms with E-state index in [0.717, 1.165) is 24.0 Å². The number of benzene rings is 2. The van der Waals surface area contributed by atoms with E-state index in [0.29, 0.717) is 22.8 Å². The van der Waals surface area contributed by atoms with Crippen LogP contribution in [-0.2, 0) is 4.74 Å². The van der Waals surface area contributed by atoms with Crippen LogP contribution in [0.3, 0.4) is 0 Å². The zero-order chi connectivity index (χ0) is 15.9. The highest BCUT2D eigenvalue weighted by Crippen LogP contribution is 2.29. The molecule has 0 saturated carbocycles. The molecule has 0 bridgehead atoms. The smallest absolute Gasteiger partial charge is 0.338 e. The molecule has 0 fully saturated rings. The van der Waals surface area contributed by atoms with Gasteiger partial charge in [0.1, 0.15) is 0 Å². The number of halogens is 1. The predicted octanol–water partition coefficient (Wildman–Crippen LogP) is 4.84. The molecule has 0 amide bonds. The van der Waals surface area contributed by atoms with Crippen LogP contribution in [0.2, 0.25) is 5.02 Å². The number of nitriles is 1. The van der Waals surface area contributed by atoms with E-state index in [1.807, 2.05) is 19.1 Å². The highest BCUT2D eigenvalue weighted by molar-refractivity contribution is 6.33. The lowest BCUT2D eigenvalue weighted by Crippen LogP contribution is -2.06. The van der Waals surface area contributed by atoms with Gasteiger partial charge in [0.2, 0.25) is 0 Å². The molecule has 0 aromatic heterocycles. The summed E-state index contributed by atoms with van der Waals surface area (Å²) in [5.41, 5.74) is 2.65. The van der Waals surface area contributed by atoms with Crippen molar-refractivity contribution in [2.45, 2.75) is 19.8 Å². The second kappa shape index (κ2) is 7.63. The van der Waals surface area contributed by atoms with E-state index in [4.69, 9.17) is 21.6 Å². The van der Waals surface area contributed by atoms with Crippen LogP contribution in [-0.4, -0.2) is 12.6 Å². The summed E-state index contributed by atoms with van der Waals surface area (Å²) in [5.74, 6) is -0.347. The fourth-order valence-corrected chi connectivity index (χ4v) is 2.22. The molecule has 112 valence electrons. The Morgan fingerprint density at radius 2 is 1.95 bits per heavy atom. The summed E-state index contributed by atoms with van der Waals surface area (Å²) in [6, 6.07) is 14.2. The minimum atomic E-state index is -0.347. The first-order valence-electron chi connectivity index (χ1n) is 7.13. The summed E-state index contributed by atoms with van der Waals surface area (Å²) in [6.45, 7) is 2.46. The van der Waals surface area contributed by atoms with Gasteiger partial charge in [-0.25, -0.2) is 4.79 Å². The van der Waals surface area contributed by atoms with Crippen LogP contribution in [0.5, 0.6) is 0 Å². The van der Waals surface area contributed by atoms with Crippen molar-refractivity contribution in [2.75, 3.05) is 6.61 Å². The van der Waals surface area contributed by atoms with E-state index in [1.165, 1.54) is 0 Å². The van der Waals surface area contributed by atoms with Crippen molar-refractivity contribution < 1.29 is 9.53 Å². The second-order valence-corrected chi connectivity index (χ2v) is 5.28. The third-order valence-corrected chi connectivity index (χ3v) is 3.59. The lowest BCUT2D eigenvalue weighted by atomic mass is 10.0. The average Bonchev–Trinajstić information content (AvgIpc) is 2.55. The van der Waals surface area contributed by atoms with E-state index in [9.17, 15) is 4.79 Å². The van der Waals surface area contributed by atoms with E-state index >= 15 is 0 Å². The van der Waals surface area contributed by atoms with Gasteiger partial charge in [0.05, 0.1) is 23.8 Å². The minimum Gasteiger partial charge on any atom is -0.462 e. The Morgan fingerprint density at radius 3 is 2.59 bits per heavy atom. The number of hydrogen-bond acceptors (Lipinski definition) is 3. The maximum Gasteiger partial charge on any atom is 0.338 e. The quantitative estimate of drug-likeness (QED) is 0.586. The van der Waals surface area contributed by atoms with Gasteiger partial charge in [-0.15, -0.1) is 0 Å². The van der Waals surface area contributed by atoms with Crippen LogP contribution in [0.1, 0.15) is 35.7 Å². The van der Waals surface area contributed by atoms with Gasteiger partial charge in [0, 0.05) is 10.6 Å². The average molecular weight is 314 g/mol. The van der Waals surface area contributed by atoms with Crippen molar-refractivity contribution >= 4 is 17.6 Å². The van der Waals surface area contributed by atoms with Crippen molar-refractivity contribution in [3.8, 4) is 17.2 Å². The first kappa shape index (κ1) is 16.1. The Morgan fingerprint density at radius 1 is 1.23 bits per heavy atom. The fourth-order valence-electron chi connectivity index (χ4n) is 1.99.